The number of rotatable bonds is 9. The van der Waals surface area contributed by atoms with Crippen molar-refractivity contribution in [2.24, 2.45) is 0 Å². The number of amides is 1. The Kier molecular flexibility index (Phi) is 8.97. The maximum atomic E-state index is 12.5. The van der Waals surface area contributed by atoms with Gasteiger partial charge < -0.3 is 15.4 Å². The van der Waals surface area contributed by atoms with E-state index in [0.717, 1.165) is 12.1 Å². The lowest BCUT2D eigenvalue weighted by atomic mass is 10.1. The van der Waals surface area contributed by atoms with Crippen LogP contribution in [0.4, 0.5) is 0 Å². The number of aromatic nitrogens is 2. The van der Waals surface area contributed by atoms with E-state index in [9.17, 15) is 4.79 Å². The summed E-state index contributed by atoms with van der Waals surface area (Å²) >= 11 is 0. The molecule has 0 spiro atoms. The molecule has 6 nitrogen and oxygen atoms in total. The van der Waals surface area contributed by atoms with E-state index in [4.69, 9.17) is 4.74 Å². The van der Waals surface area contributed by atoms with Crippen LogP contribution < -0.4 is 10.6 Å². The van der Waals surface area contributed by atoms with Gasteiger partial charge in [0.15, 0.2) is 6.04 Å². The molecule has 0 radical (unpaired) electrons. The van der Waals surface area contributed by atoms with Crippen LogP contribution in [0.1, 0.15) is 11.6 Å². The molecular formula is C16H23ClN4O2. The van der Waals surface area contributed by atoms with E-state index in [2.05, 4.69) is 15.7 Å². The average molecular weight is 339 g/mol. The van der Waals surface area contributed by atoms with Gasteiger partial charge in [0.1, 0.15) is 0 Å². The van der Waals surface area contributed by atoms with Crippen LogP contribution in [0, 0.1) is 0 Å². The predicted molar refractivity (Wildman–Crippen MR) is 91.8 cm³/mol. The molecule has 1 atom stereocenters. The quantitative estimate of drug-likeness (QED) is 0.675. The third kappa shape index (κ3) is 6.02. The molecule has 1 amide bonds. The SMILES string of the molecule is COCCNCCNC(=O)C(c1ccccc1)n1cccn1.Cl. The van der Waals surface area contributed by atoms with Crippen molar-refractivity contribution in [3.8, 4) is 0 Å². The smallest absolute Gasteiger partial charge is 0.249 e. The van der Waals surface area contributed by atoms with Gasteiger partial charge in [-0.3, -0.25) is 9.48 Å². The van der Waals surface area contributed by atoms with Crippen molar-refractivity contribution in [1.82, 2.24) is 20.4 Å². The molecule has 2 N–H and O–H groups in total. The first-order valence-corrected chi connectivity index (χ1v) is 7.34. The first-order chi connectivity index (χ1) is 10.8. The maximum Gasteiger partial charge on any atom is 0.249 e. The van der Waals surface area contributed by atoms with Gasteiger partial charge in [-0.2, -0.15) is 5.10 Å². The number of halogens is 1. The molecule has 23 heavy (non-hydrogen) atoms. The van der Waals surface area contributed by atoms with Crippen LogP contribution >= 0.6 is 12.4 Å². The van der Waals surface area contributed by atoms with E-state index in [1.807, 2.05) is 36.4 Å². The van der Waals surface area contributed by atoms with Gasteiger partial charge in [0.2, 0.25) is 5.91 Å². The van der Waals surface area contributed by atoms with E-state index in [0.29, 0.717) is 19.7 Å². The van der Waals surface area contributed by atoms with E-state index in [-0.39, 0.29) is 18.3 Å². The van der Waals surface area contributed by atoms with Crippen molar-refractivity contribution >= 4 is 18.3 Å². The van der Waals surface area contributed by atoms with Gasteiger partial charge in [0.05, 0.1) is 6.61 Å². The van der Waals surface area contributed by atoms with Crippen molar-refractivity contribution in [3.05, 3.63) is 54.4 Å². The molecule has 0 bridgehead atoms. The molecule has 1 aromatic heterocycles. The molecule has 2 aromatic rings. The summed E-state index contributed by atoms with van der Waals surface area (Å²) in [4.78, 5) is 12.5. The van der Waals surface area contributed by atoms with Crippen LogP contribution in [0.2, 0.25) is 0 Å². The largest absolute Gasteiger partial charge is 0.383 e. The Hall–Kier alpha value is -1.89. The molecule has 1 unspecified atom stereocenters. The molecule has 1 aromatic carbocycles. The number of hydrogen-bond acceptors (Lipinski definition) is 4. The molecule has 7 heteroatoms. The molecule has 2 rings (SSSR count). The normalized spacial score (nSPS) is 11.5. The maximum absolute atomic E-state index is 12.5. The Balaban J connectivity index is 0.00000264. The molecule has 0 fully saturated rings. The Morgan fingerprint density at radius 3 is 2.65 bits per heavy atom. The number of benzene rings is 1. The number of methoxy groups -OCH3 is 1. The van der Waals surface area contributed by atoms with Crippen molar-refractivity contribution in [1.29, 1.82) is 0 Å². The highest BCUT2D eigenvalue weighted by atomic mass is 35.5. The topological polar surface area (TPSA) is 68.2 Å². The highest BCUT2D eigenvalue weighted by Gasteiger charge is 2.22. The molecule has 0 aliphatic rings. The highest BCUT2D eigenvalue weighted by Crippen LogP contribution is 2.17. The second-order valence-corrected chi connectivity index (χ2v) is 4.83. The fourth-order valence-electron chi connectivity index (χ4n) is 2.16. The van der Waals surface area contributed by atoms with E-state index < -0.39 is 6.04 Å². The lowest BCUT2D eigenvalue weighted by Crippen LogP contribution is -2.38. The number of carbonyl (C=O) groups excluding carboxylic acids is 1. The third-order valence-corrected chi connectivity index (χ3v) is 3.24. The Bertz CT molecular complexity index is 548. The zero-order valence-corrected chi connectivity index (χ0v) is 14.0. The minimum atomic E-state index is -0.449. The van der Waals surface area contributed by atoms with Gasteiger partial charge in [0.25, 0.3) is 0 Å². The van der Waals surface area contributed by atoms with E-state index in [1.165, 1.54) is 0 Å². The van der Waals surface area contributed by atoms with Crippen LogP contribution in [0.5, 0.6) is 0 Å². The van der Waals surface area contributed by atoms with Crippen molar-refractivity contribution < 1.29 is 9.53 Å². The summed E-state index contributed by atoms with van der Waals surface area (Å²) in [5.41, 5.74) is 0.913. The molecule has 0 saturated carbocycles. The lowest BCUT2D eigenvalue weighted by Gasteiger charge is -2.18. The first kappa shape index (κ1) is 19.2. The molecular weight excluding hydrogens is 316 g/mol. The zero-order chi connectivity index (χ0) is 15.6. The second-order valence-electron chi connectivity index (χ2n) is 4.83. The van der Waals surface area contributed by atoms with Crippen LogP contribution in [-0.4, -0.2) is 49.0 Å². The number of hydrogen-bond donors (Lipinski definition) is 2. The van der Waals surface area contributed by atoms with Crippen LogP contribution in [0.15, 0.2) is 48.8 Å². The van der Waals surface area contributed by atoms with E-state index >= 15 is 0 Å². The lowest BCUT2D eigenvalue weighted by molar-refractivity contribution is -0.123. The number of nitrogens with one attached hydrogen (secondary N) is 2. The van der Waals surface area contributed by atoms with Gasteiger partial charge in [-0.1, -0.05) is 30.3 Å². The third-order valence-electron chi connectivity index (χ3n) is 3.24. The minimum absolute atomic E-state index is 0. The molecule has 0 aliphatic heterocycles. The fourth-order valence-corrected chi connectivity index (χ4v) is 2.16. The monoisotopic (exact) mass is 338 g/mol. The van der Waals surface area contributed by atoms with Gasteiger partial charge in [-0.05, 0) is 11.6 Å². The Labute approximate surface area is 142 Å². The highest BCUT2D eigenvalue weighted by molar-refractivity contribution is 5.85. The molecule has 1 heterocycles. The van der Waals surface area contributed by atoms with Gasteiger partial charge >= 0.3 is 0 Å². The summed E-state index contributed by atoms with van der Waals surface area (Å²) in [6.45, 7) is 2.70. The van der Waals surface area contributed by atoms with Gasteiger partial charge in [-0.15, -0.1) is 12.4 Å². The summed E-state index contributed by atoms with van der Waals surface area (Å²) < 4.78 is 6.62. The standard InChI is InChI=1S/C16H22N4O2.ClH/c1-22-13-11-17-9-10-18-16(21)15(20-12-5-8-19-20)14-6-3-2-4-7-14;/h2-8,12,15,17H,9-11,13H2,1H3,(H,18,21);1H. The second kappa shape index (κ2) is 10.8. The first-order valence-electron chi connectivity index (χ1n) is 7.34. The summed E-state index contributed by atoms with van der Waals surface area (Å²) in [5, 5.41) is 10.3. The summed E-state index contributed by atoms with van der Waals surface area (Å²) in [7, 11) is 1.66. The van der Waals surface area contributed by atoms with Crippen molar-refractivity contribution in [3.63, 3.8) is 0 Å². The Morgan fingerprint density at radius 1 is 1.22 bits per heavy atom. The Morgan fingerprint density at radius 2 is 2.00 bits per heavy atom. The van der Waals surface area contributed by atoms with Gasteiger partial charge in [-0.25, -0.2) is 0 Å². The molecule has 0 saturated heterocycles. The molecule has 0 aliphatic carbocycles. The van der Waals surface area contributed by atoms with Crippen molar-refractivity contribution in [2.75, 3.05) is 33.4 Å². The van der Waals surface area contributed by atoms with Crippen LogP contribution in [0.3, 0.4) is 0 Å². The molecule has 126 valence electrons. The van der Waals surface area contributed by atoms with E-state index in [1.54, 1.807) is 24.2 Å². The fraction of sp³-hybridized carbons (Fsp3) is 0.375. The summed E-state index contributed by atoms with van der Waals surface area (Å²) in [6.07, 6.45) is 3.48. The van der Waals surface area contributed by atoms with Crippen LogP contribution in [0.25, 0.3) is 0 Å². The van der Waals surface area contributed by atoms with Gasteiger partial charge in [0, 0.05) is 39.1 Å². The number of ether oxygens (including phenoxy) is 1. The summed E-state index contributed by atoms with van der Waals surface area (Å²) in [6, 6.07) is 11.0. The van der Waals surface area contributed by atoms with Crippen LogP contribution in [-0.2, 0) is 9.53 Å². The number of nitrogens with zero attached hydrogens (tertiary/aromatic N) is 2. The predicted octanol–water partition coefficient (Wildman–Crippen LogP) is 1.25. The minimum Gasteiger partial charge on any atom is -0.383 e. The summed E-state index contributed by atoms with van der Waals surface area (Å²) in [5.74, 6) is -0.0663. The zero-order valence-electron chi connectivity index (χ0n) is 13.1. The number of carbonyl (C=O) groups is 1. The van der Waals surface area contributed by atoms with Crippen molar-refractivity contribution in [2.45, 2.75) is 6.04 Å². The average Bonchev–Trinajstić information content (AvgIpc) is 3.06.